The number of benzene rings is 1. The molecular formula is C21H25F2NO3. The molecule has 146 valence electrons. The van der Waals surface area contributed by atoms with Crippen molar-refractivity contribution in [2.75, 3.05) is 13.7 Å². The minimum atomic E-state index is -1.03. The van der Waals surface area contributed by atoms with E-state index in [1.165, 1.54) is 32.4 Å². The van der Waals surface area contributed by atoms with Crippen LogP contribution < -0.4 is 0 Å². The number of hydrogen-bond acceptors (Lipinski definition) is 3. The van der Waals surface area contributed by atoms with Crippen molar-refractivity contribution in [1.82, 2.24) is 4.90 Å². The second-order valence-corrected chi connectivity index (χ2v) is 8.55. The fourth-order valence-electron chi connectivity index (χ4n) is 6.04. The summed E-state index contributed by atoms with van der Waals surface area (Å²) in [6.07, 6.45) is 6.60. The van der Waals surface area contributed by atoms with Crippen molar-refractivity contribution in [1.29, 1.82) is 0 Å². The predicted octanol–water partition coefficient (Wildman–Crippen LogP) is 3.94. The number of halogens is 2. The number of amides is 1. The van der Waals surface area contributed by atoms with Crippen molar-refractivity contribution in [3.8, 4) is 0 Å². The number of rotatable bonds is 5. The van der Waals surface area contributed by atoms with Crippen LogP contribution in [0, 0.1) is 29.4 Å². The molecule has 1 amide bonds. The molecule has 4 saturated carbocycles. The maximum atomic E-state index is 13.7. The Hall–Kier alpha value is -1.98. The predicted molar refractivity (Wildman–Crippen MR) is 94.9 cm³/mol. The molecule has 0 heterocycles. The number of carbonyl (C=O) groups is 2. The normalized spacial score (nSPS) is 31.0. The monoisotopic (exact) mass is 377 g/mol. The maximum Gasteiger partial charge on any atom is 0.307 e. The molecule has 0 radical (unpaired) electrons. The van der Waals surface area contributed by atoms with Gasteiger partial charge < -0.3 is 9.64 Å². The van der Waals surface area contributed by atoms with E-state index in [-0.39, 0.29) is 35.9 Å². The van der Waals surface area contributed by atoms with Crippen LogP contribution in [0.5, 0.6) is 0 Å². The van der Waals surface area contributed by atoms with Crippen molar-refractivity contribution in [3.63, 3.8) is 0 Å². The molecular weight excluding hydrogens is 352 g/mol. The molecule has 27 heavy (non-hydrogen) atoms. The van der Waals surface area contributed by atoms with Gasteiger partial charge in [-0.15, -0.1) is 0 Å². The summed E-state index contributed by atoms with van der Waals surface area (Å²) < 4.78 is 31.8. The summed E-state index contributed by atoms with van der Waals surface area (Å²) in [6.45, 7) is 0.247. The second-order valence-electron chi connectivity index (χ2n) is 8.55. The van der Waals surface area contributed by atoms with Crippen molar-refractivity contribution in [3.05, 3.63) is 35.4 Å². The highest BCUT2D eigenvalue weighted by molar-refractivity contribution is 5.95. The van der Waals surface area contributed by atoms with Crippen molar-refractivity contribution < 1.29 is 23.1 Å². The molecule has 4 bridgehead atoms. The third kappa shape index (κ3) is 3.34. The van der Waals surface area contributed by atoms with E-state index in [9.17, 15) is 18.4 Å². The summed E-state index contributed by atoms with van der Waals surface area (Å²) in [5, 5.41) is 0. The van der Waals surface area contributed by atoms with Crippen LogP contribution >= 0.6 is 0 Å². The van der Waals surface area contributed by atoms with Gasteiger partial charge in [-0.25, -0.2) is 8.78 Å². The average Bonchev–Trinajstić information content (AvgIpc) is 2.62. The van der Waals surface area contributed by atoms with E-state index in [1.54, 1.807) is 4.90 Å². The number of carbonyl (C=O) groups excluding carboxylic acids is 2. The van der Waals surface area contributed by atoms with E-state index in [0.29, 0.717) is 17.8 Å². The van der Waals surface area contributed by atoms with Gasteiger partial charge >= 0.3 is 5.97 Å². The van der Waals surface area contributed by atoms with Gasteiger partial charge in [0.25, 0.3) is 5.91 Å². The Balaban J connectivity index is 1.65. The molecule has 0 atom stereocenters. The number of nitrogens with zero attached hydrogens (tertiary/aromatic N) is 1. The summed E-state index contributed by atoms with van der Waals surface area (Å²) in [7, 11) is 1.33. The zero-order valence-corrected chi connectivity index (χ0v) is 15.5. The maximum absolute atomic E-state index is 13.7. The molecule has 4 aliphatic rings. The Morgan fingerprint density at radius 3 is 2.19 bits per heavy atom. The van der Waals surface area contributed by atoms with Crippen LogP contribution in [-0.4, -0.2) is 36.0 Å². The van der Waals surface area contributed by atoms with Gasteiger partial charge in [-0.1, -0.05) is 0 Å². The highest BCUT2D eigenvalue weighted by Gasteiger charge is 2.54. The van der Waals surface area contributed by atoms with E-state index in [2.05, 4.69) is 0 Å². The first-order valence-electron chi connectivity index (χ1n) is 9.74. The fourth-order valence-corrected chi connectivity index (χ4v) is 6.04. The molecule has 0 aromatic heterocycles. The fraction of sp³-hybridized carbons (Fsp3) is 0.619. The number of esters is 1. The largest absolute Gasteiger partial charge is 0.469 e. The van der Waals surface area contributed by atoms with Crippen molar-refractivity contribution in [2.45, 2.75) is 50.5 Å². The van der Waals surface area contributed by atoms with E-state index in [0.717, 1.165) is 31.4 Å². The summed E-state index contributed by atoms with van der Waals surface area (Å²) in [5.74, 6) is -0.830. The second kappa shape index (κ2) is 6.88. The van der Waals surface area contributed by atoms with E-state index >= 15 is 0 Å². The zero-order chi connectivity index (χ0) is 19.2. The first kappa shape index (κ1) is 18.4. The smallest absolute Gasteiger partial charge is 0.307 e. The number of ether oxygens (including phenoxy) is 1. The van der Waals surface area contributed by atoms with Crippen LogP contribution in [0.25, 0.3) is 0 Å². The van der Waals surface area contributed by atoms with Crippen LogP contribution in [0.4, 0.5) is 8.78 Å². The molecule has 5 rings (SSSR count). The molecule has 4 nitrogen and oxygen atoms in total. The highest BCUT2D eigenvalue weighted by Crippen LogP contribution is 2.58. The van der Waals surface area contributed by atoms with Gasteiger partial charge in [0.2, 0.25) is 0 Å². The Morgan fingerprint density at radius 1 is 1.07 bits per heavy atom. The van der Waals surface area contributed by atoms with Crippen LogP contribution in [0.1, 0.15) is 55.3 Å². The molecule has 4 aliphatic carbocycles. The lowest BCUT2D eigenvalue weighted by Gasteiger charge is -2.60. The standard InChI is InChI=1S/C21H25F2NO3/c1-27-19(25)4-5-24(20(26)16-2-3-17(22)18(23)9-16)21-10-13-6-14(11-21)8-15(7-13)12-21/h2-3,9,13-15H,4-8,10-12H2,1H3. The molecule has 1 aromatic carbocycles. The van der Waals surface area contributed by atoms with Crippen molar-refractivity contribution in [2.24, 2.45) is 17.8 Å². The molecule has 0 N–H and O–H groups in total. The van der Waals surface area contributed by atoms with Gasteiger partial charge in [-0.2, -0.15) is 0 Å². The molecule has 0 unspecified atom stereocenters. The molecule has 0 saturated heterocycles. The van der Waals surface area contributed by atoms with Crippen LogP contribution in [0.3, 0.4) is 0 Å². The van der Waals surface area contributed by atoms with Gasteiger partial charge in [-0.3, -0.25) is 9.59 Å². The van der Waals surface area contributed by atoms with Crippen LogP contribution in [0.2, 0.25) is 0 Å². The zero-order valence-electron chi connectivity index (χ0n) is 15.5. The summed E-state index contributed by atoms with van der Waals surface area (Å²) in [5.41, 5.74) is -0.139. The minimum Gasteiger partial charge on any atom is -0.469 e. The van der Waals surface area contributed by atoms with E-state index in [4.69, 9.17) is 4.74 Å². The summed E-state index contributed by atoms with van der Waals surface area (Å²) >= 11 is 0. The molecule has 0 spiro atoms. The average molecular weight is 377 g/mol. The SMILES string of the molecule is COC(=O)CCN(C(=O)c1ccc(F)c(F)c1)C12CC3CC(CC(C3)C1)C2. The first-order valence-corrected chi connectivity index (χ1v) is 9.74. The Labute approximate surface area is 157 Å². The third-order valence-corrected chi connectivity index (χ3v) is 6.76. The van der Waals surface area contributed by atoms with Gasteiger partial charge in [-0.05, 0) is 74.5 Å². The Bertz CT molecular complexity index is 729. The third-order valence-electron chi connectivity index (χ3n) is 6.76. The number of methoxy groups -OCH3 is 1. The minimum absolute atomic E-state index is 0.105. The van der Waals surface area contributed by atoms with Gasteiger partial charge in [0.05, 0.1) is 13.5 Å². The van der Waals surface area contributed by atoms with E-state index in [1.807, 2.05) is 0 Å². The topological polar surface area (TPSA) is 46.6 Å². The summed E-state index contributed by atoms with van der Waals surface area (Å²) in [6, 6.07) is 3.27. The quantitative estimate of drug-likeness (QED) is 0.730. The number of hydrogen-bond donors (Lipinski definition) is 0. The molecule has 1 aromatic rings. The summed E-state index contributed by atoms with van der Waals surface area (Å²) in [4.78, 5) is 26.8. The van der Waals surface area contributed by atoms with Gasteiger partial charge in [0.15, 0.2) is 11.6 Å². The molecule has 6 heteroatoms. The van der Waals surface area contributed by atoms with Gasteiger partial charge in [0.1, 0.15) is 0 Å². The van der Waals surface area contributed by atoms with Crippen LogP contribution in [-0.2, 0) is 9.53 Å². The lowest BCUT2D eigenvalue weighted by atomic mass is 9.52. The van der Waals surface area contributed by atoms with E-state index < -0.39 is 11.6 Å². The molecule has 0 aliphatic heterocycles. The Morgan fingerprint density at radius 2 is 1.67 bits per heavy atom. The highest BCUT2D eigenvalue weighted by atomic mass is 19.2. The van der Waals surface area contributed by atoms with Crippen LogP contribution in [0.15, 0.2) is 18.2 Å². The van der Waals surface area contributed by atoms with Crippen molar-refractivity contribution >= 4 is 11.9 Å². The lowest BCUT2D eigenvalue weighted by molar-refractivity contribution is -0.141. The molecule has 4 fully saturated rings. The first-order chi connectivity index (χ1) is 12.9. The lowest BCUT2D eigenvalue weighted by Crippen LogP contribution is -2.61. The Kier molecular flexibility index (Phi) is 4.68. The van der Waals surface area contributed by atoms with Gasteiger partial charge in [0, 0.05) is 17.6 Å².